The Morgan fingerprint density at radius 1 is 1.39 bits per heavy atom. The minimum Gasteiger partial charge on any atom is -0.488 e. The summed E-state index contributed by atoms with van der Waals surface area (Å²) in [6, 6.07) is 1.08. The molecular formula is C15H16F2N6O4S. The lowest BCUT2D eigenvalue weighted by molar-refractivity contribution is 0.0991. The zero-order valence-corrected chi connectivity index (χ0v) is 15.5. The third kappa shape index (κ3) is 5.57. The molecule has 0 radical (unpaired) electrons. The van der Waals surface area contributed by atoms with Gasteiger partial charge >= 0.3 is 5.63 Å². The van der Waals surface area contributed by atoms with E-state index in [0.29, 0.717) is 10.8 Å². The zero-order chi connectivity index (χ0) is 20.7. The summed E-state index contributed by atoms with van der Waals surface area (Å²) >= 11 is 1.000. The Hall–Kier alpha value is -3.35. The summed E-state index contributed by atoms with van der Waals surface area (Å²) in [5.74, 6) is -1.57. The molecule has 0 bridgehead atoms. The van der Waals surface area contributed by atoms with Gasteiger partial charge in [0.2, 0.25) is 16.0 Å². The van der Waals surface area contributed by atoms with Crippen molar-refractivity contribution in [3.05, 3.63) is 34.0 Å². The van der Waals surface area contributed by atoms with Gasteiger partial charge in [0.15, 0.2) is 5.76 Å². The monoisotopic (exact) mass is 414 g/mol. The van der Waals surface area contributed by atoms with Gasteiger partial charge in [-0.25, -0.2) is 13.6 Å². The Kier molecular flexibility index (Phi) is 7.14. The van der Waals surface area contributed by atoms with Crippen molar-refractivity contribution in [2.45, 2.75) is 13.3 Å². The highest BCUT2D eigenvalue weighted by molar-refractivity contribution is 7.19. The van der Waals surface area contributed by atoms with E-state index in [1.54, 1.807) is 6.92 Å². The average Bonchev–Trinajstić information content (AvgIpc) is 3.06. The molecule has 0 aliphatic carbocycles. The van der Waals surface area contributed by atoms with Gasteiger partial charge < -0.3 is 25.2 Å². The maximum absolute atomic E-state index is 12.4. The molecule has 0 saturated carbocycles. The predicted molar refractivity (Wildman–Crippen MR) is 100 cm³/mol. The lowest BCUT2D eigenvalue weighted by Crippen LogP contribution is -2.19. The Morgan fingerprint density at radius 3 is 2.68 bits per heavy atom. The number of nitrogens with zero attached hydrogens (tertiary/aromatic N) is 2. The normalized spacial score (nSPS) is 11.2. The van der Waals surface area contributed by atoms with Gasteiger partial charge in [-0.05, 0) is 13.0 Å². The SMILES string of the molecule is COc1c(NCC(F)F)cc(C(=O)Nc2nnc(N/C(C)=C\C=N)s2)oc1=O. The Labute approximate surface area is 161 Å². The summed E-state index contributed by atoms with van der Waals surface area (Å²) in [7, 11) is 1.17. The summed E-state index contributed by atoms with van der Waals surface area (Å²) in [5, 5.41) is 22.6. The molecule has 28 heavy (non-hydrogen) atoms. The quantitative estimate of drug-likeness (QED) is 0.458. The van der Waals surface area contributed by atoms with Crippen LogP contribution in [0.3, 0.4) is 0 Å². The van der Waals surface area contributed by atoms with E-state index in [1.807, 2.05) is 0 Å². The third-order valence-electron chi connectivity index (χ3n) is 3.07. The van der Waals surface area contributed by atoms with Crippen molar-refractivity contribution in [1.29, 1.82) is 5.41 Å². The first-order chi connectivity index (χ1) is 13.3. The van der Waals surface area contributed by atoms with E-state index in [2.05, 4.69) is 26.1 Å². The van der Waals surface area contributed by atoms with Gasteiger partial charge in [0.25, 0.3) is 12.3 Å². The number of amides is 1. The number of nitrogens with one attached hydrogen (secondary N) is 4. The van der Waals surface area contributed by atoms with Gasteiger partial charge in [-0.15, -0.1) is 10.2 Å². The van der Waals surface area contributed by atoms with E-state index in [1.165, 1.54) is 13.2 Å². The summed E-state index contributed by atoms with van der Waals surface area (Å²) in [6.07, 6.45) is -0.0801. The number of ether oxygens (including phenoxy) is 1. The van der Waals surface area contributed by atoms with E-state index < -0.39 is 30.3 Å². The summed E-state index contributed by atoms with van der Waals surface area (Å²) in [5.41, 5.74) is -0.463. The number of alkyl halides is 2. The number of methoxy groups -OCH3 is 1. The summed E-state index contributed by atoms with van der Waals surface area (Å²) in [4.78, 5) is 24.2. The molecule has 0 aliphatic heterocycles. The largest absolute Gasteiger partial charge is 0.488 e. The van der Waals surface area contributed by atoms with Crippen LogP contribution in [-0.2, 0) is 0 Å². The first kappa shape index (κ1) is 21.0. The van der Waals surface area contributed by atoms with Crippen molar-refractivity contribution in [2.75, 3.05) is 29.6 Å². The molecule has 0 fully saturated rings. The van der Waals surface area contributed by atoms with Crippen molar-refractivity contribution in [3.8, 4) is 5.75 Å². The second-order valence-electron chi connectivity index (χ2n) is 5.12. The minimum absolute atomic E-state index is 0.101. The predicted octanol–water partition coefficient (Wildman–Crippen LogP) is 2.39. The van der Waals surface area contributed by atoms with Gasteiger partial charge in [-0.3, -0.25) is 10.1 Å². The first-order valence-corrected chi connectivity index (χ1v) is 8.49. The Morgan fingerprint density at radius 2 is 2.07 bits per heavy atom. The Bertz CT molecular complexity index is 943. The average molecular weight is 414 g/mol. The van der Waals surface area contributed by atoms with Gasteiger partial charge in [0, 0.05) is 18.0 Å². The fourth-order valence-corrected chi connectivity index (χ4v) is 2.63. The van der Waals surface area contributed by atoms with Crippen molar-refractivity contribution in [3.63, 3.8) is 0 Å². The zero-order valence-electron chi connectivity index (χ0n) is 14.7. The van der Waals surface area contributed by atoms with Crippen LogP contribution in [0.15, 0.2) is 27.1 Å². The van der Waals surface area contributed by atoms with E-state index >= 15 is 0 Å². The molecule has 2 aromatic rings. The number of hydrogen-bond donors (Lipinski definition) is 4. The number of halogens is 2. The van der Waals surface area contributed by atoms with Gasteiger partial charge in [-0.2, -0.15) is 0 Å². The van der Waals surface area contributed by atoms with Crippen LogP contribution >= 0.6 is 11.3 Å². The molecule has 0 unspecified atom stereocenters. The van der Waals surface area contributed by atoms with Gasteiger partial charge in [-0.1, -0.05) is 11.3 Å². The highest BCUT2D eigenvalue weighted by atomic mass is 32.1. The van der Waals surface area contributed by atoms with Crippen molar-refractivity contribution in [2.24, 2.45) is 0 Å². The molecule has 10 nitrogen and oxygen atoms in total. The number of carbonyl (C=O) groups excluding carboxylic acids is 1. The molecule has 2 aromatic heterocycles. The molecule has 0 saturated heterocycles. The molecule has 0 aromatic carbocycles. The van der Waals surface area contributed by atoms with E-state index in [0.717, 1.165) is 23.6 Å². The number of aromatic nitrogens is 2. The smallest absolute Gasteiger partial charge is 0.381 e. The Balaban J connectivity index is 2.18. The van der Waals surface area contributed by atoms with Crippen molar-refractivity contribution in [1.82, 2.24) is 10.2 Å². The molecule has 150 valence electrons. The molecule has 1 amide bonds. The molecule has 2 rings (SSSR count). The fraction of sp³-hybridized carbons (Fsp3) is 0.267. The topological polar surface area (TPSA) is 142 Å². The second kappa shape index (κ2) is 9.55. The van der Waals surface area contributed by atoms with Crippen LogP contribution in [0.2, 0.25) is 0 Å². The summed E-state index contributed by atoms with van der Waals surface area (Å²) in [6.45, 7) is 0.972. The number of rotatable bonds is 9. The first-order valence-electron chi connectivity index (χ1n) is 7.67. The van der Waals surface area contributed by atoms with Crippen LogP contribution < -0.4 is 26.3 Å². The van der Waals surface area contributed by atoms with Crippen LogP contribution in [0.25, 0.3) is 0 Å². The fourth-order valence-electron chi connectivity index (χ4n) is 1.92. The van der Waals surface area contributed by atoms with Crippen LogP contribution in [0.4, 0.5) is 24.7 Å². The minimum atomic E-state index is -2.67. The lowest BCUT2D eigenvalue weighted by atomic mass is 10.3. The van der Waals surface area contributed by atoms with Crippen LogP contribution in [0.5, 0.6) is 5.75 Å². The highest BCUT2D eigenvalue weighted by Gasteiger charge is 2.19. The number of anilines is 3. The van der Waals surface area contributed by atoms with E-state index in [4.69, 9.17) is 14.6 Å². The molecule has 2 heterocycles. The lowest BCUT2D eigenvalue weighted by Gasteiger charge is -2.10. The second-order valence-corrected chi connectivity index (χ2v) is 6.10. The third-order valence-corrected chi connectivity index (χ3v) is 3.82. The van der Waals surface area contributed by atoms with Crippen LogP contribution in [-0.4, -0.2) is 42.4 Å². The van der Waals surface area contributed by atoms with Crippen molar-refractivity contribution >= 4 is 39.4 Å². The molecule has 13 heteroatoms. The van der Waals surface area contributed by atoms with Crippen LogP contribution in [0, 0.1) is 5.41 Å². The maximum Gasteiger partial charge on any atom is 0.381 e. The summed E-state index contributed by atoms with van der Waals surface area (Å²) < 4.78 is 34.5. The maximum atomic E-state index is 12.4. The van der Waals surface area contributed by atoms with Gasteiger partial charge in [0.1, 0.15) is 0 Å². The standard InChI is InChI=1S/C15H16F2N6O4S/c1-7(3-4-18)20-14-22-23-15(28-14)21-12(24)9-5-8(19-6-10(16)17)11(26-2)13(25)27-9/h3-5,10,18-19H,6H2,1-2H3,(H,20,22)(H,21,23,24)/b7-3-,18-4?. The van der Waals surface area contributed by atoms with E-state index in [-0.39, 0.29) is 16.6 Å². The molecular weight excluding hydrogens is 398 g/mol. The van der Waals surface area contributed by atoms with Crippen LogP contribution in [0.1, 0.15) is 17.5 Å². The number of hydrogen-bond acceptors (Lipinski definition) is 10. The number of carbonyl (C=O) groups is 1. The molecule has 0 aliphatic rings. The molecule has 0 spiro atoms. The van der Waals surface area contributed by atoms with E-state index in [9.17, 15) is 18.4 Å². The molecule has 4 N–H and O–H groups in total. The molecule has 0 atom stereocenters. The van der Waals surface area contributed by atoms with Gasteiger partial charge in [0.05, 0.1) is 19.3 Å². The highest BCUT2D eigenvalue weighted by Crippen LogP contribution is 2.24. The van der Waals surface area contributed by atoms with Crippen molar-refractivity contribution < 1.29 is 22.7 Å². The number of allylic oxidation sites excluding steroid dienone is 2.